The summed E-state index contributed by atoms with van der Waals surface area (Å²) in [7, 11) is 0. The van der Waals surface area contributed by atoms with Crippen LogP contribution in [0.1, 0.15) is 40.1 Å². The van der Waals surface area contributed by atoms with Crippen LogP contribution in [-0.4, -0.2) is 21.8 Å². The maximum Gasteiger partial charge on any atom is 0.416 e. The van der Waals surface area contributed by atoms with Gasteiger partial charge in [-0.1, -0.05) is 12.1 Å². The van der Waals surface area contributed by atoms with E-state index in [0.717, 1.165) is 55.5 Å². The molecule has 0 spiro atoms. The Labute approximate surface area is 189 Å². The van der Waals surface area contributed by atoms with Crippen LogP contribution < -0.4 is 10.1 Å². The van der Waals surface area contributed by atoms with Gasteiger partial charge in [0.15, 0.2) is 0 Å². The Kier molecular flexibility index (Phi) is 6.89. The third-order valence-corrected chi connectivity index (χ3v) is 4.58. The first-order valence-corrected chi connectivity index (χ1v) is 9.52. The lowest BCUT2D eigenvalue weighted by molar-refractivity contribution is -0.385. The van der Waals surface area contributed by atoms with Gasteiger partial charge in [-0.25, -0.2) is 4.39 Å². The molecule has 0 saturated heterocycles. The SMILES string of the molecule is CC(=O)Oc1ccc(C(=O)NC(c2ccc(C(F)(F)F)cc2)c2ncccc2F)cc1[N+](=O)[O-]. The van der Waals surface area contributed by atoms with Crippen molar-refractivity contribution in [3.63, 3.8) is 0 Å². The molecule has 34 heavy (non-hydrogen) atoms. The number of hydrogen-bond acceptors (Lipinski definition) is 6. The van der Waals surface area contributed by atoms with Gasteiger partial charge in [0.1, 0.15) is 11.5 Å². The first kappa shape index (κ1) is 24.3. The molecule has 1 N–H and O–H groups in total. The summed E-state index contributed by atoms with van der Waals surface area (Å²) in [6.07, 6.45) is -3.36. The summed E-state index contributed by atoms with van der Waals surface area (Å²) in [4.78, 5) is 38.4. The number of nitro groups is 1. The number of ether oxygens (including phenoxy) is 1. The smallest absolute Gasteiger partial charge is 0.416 e. The third kappa shape index (κ3) is 5.52. The number of halogens is 4. The number of nitrogens with one attached hydrogen (secondary N) is 1. The molecular formula is C22H15F4N3O5. The zero-order valence-electron chi connectivity index (χ0n) is 17.3. The van der Waals surface area contributed by atoms with Crippen molar-refractivity contribution in [3.8, 4) is 5.75 Å². The van der Waals surface area contributed by atoms with Crippen LogP contribution in [0.5, 0.6) is 5.75 Å². The van der Waals surface area contributed by atoms with Crippen LogP contribution in [0.25, 0.3) is 0 Å². The number of rotatable bonds is 6. The number of carbonyl (C=O) groups excluding carboxylic acids is 2. The van der Waals surface area contributed by atoms with E-state index in [1.165, 1.54) is 12.3 Å². The van der Waals surface area contributed by atoms with Crippen molar-refractivity contribution in [2.24, 2.45) is 0 Å². The van der Waals surface area contributed by atoms with E-state index in [1.54, 1.807) is 0 Å². The highest BCUT2D eigenvalue weighted by atomic mass is 19.4. The minimum atomic E-state index is -4.60. The lowest BCUT2D eigenvalue weighted by Crippen LogP contribution is -2.30. The molecule has 0 aliphatic rings. The third-order valence-electron chi connectivity index (χ3n) is 4.58. The predicted molar refractivity (Wildman–Crippen MR) is 109 cm³/mol. The van der Waals surface area contributed by atoms with Crippen LogP contribution in [0.15, 0.2) is 60.8 Å². The first-order chi connectivity index (χ1) is 16.0. The number of nitrogens with zero attached hydrogens (tertiary/aromatic N) is 2. The van der Waals surface area contributed by atoms with E-state index < -0.39 is 46.1 Å². The molecule has 1 amide bonds. The molecule has 0 saturated carbocycles. The van der Waals surface area contributed by atoms with Gasteiger partial charge < -0.3 is 10.1 Å². The molecule has 0 fully saturated rings. The van der Waals surface area contributed by atoms with Gasteiger partial charge in [-0.15, -0.1) is 0 Å². The average molecular weight is 477 g/mol. The molecule has 8 nitrogen and oxygen atoms in total. The van der Waals surface area contributed by atoms with Crippen LogP contribution in [0.3, 0.4) is 0 Å². The fourth-order valence-electron chi connectivity index (χ4n) is 3.04. The zero-order valence-corrected chi connectivity index (χ0v) is 17.3. The van der Waals surface area contributed by atoms with Crippen molar-refractivity contribution < 1.29 is 36.8 Å². The Morgan fingerprint density at radius 2 is 1.79 bits per heavy atom. The molecule has 3 rings (SSSR count). The van der Waals surface area contributed by atoms with Crippen LogP contribution in [0.2, 0.25) is 0 Å². The monoisotopic (exact) mass is 477 g/mol. The van der Waals surface area contributed by atoms with Crippen LogP contribution >= 0.6 is 0 Å². The quantitative estimate of drug-likeness (QED) is 0.183. The van der Waals surface area contributed by atoms with E-state index in [0.29, 0.717) is 0 Å². The number of nitro benzene ring substituents is 1. The summed E-state index contributed by atoms with van der Waals surface area (Å²) in [5.74, 6) is -2.94. The molecule has 0 radical (unpaired) electrons. The maximum absolute atomic E-state index is 14.5. The number of hydrogen-bond donors (Lipinski definition) is 1. The van der Waals surface area contributed by atoms with Crippen LogP contribution in [-0.2, 0) is 11.0 Å². The highest BCUT2D eigenvalue weighted by Crippen LogP contribution is 2.32. The summed E-state index contributed by atoms with van der Waals surface area (Å²) >= 11 is 0. The van der Waals surface area contributed by atoms with Crippen molar-refractivity contribution in [2.75, 3.05) is 0 Å². The van der Waals surface area contributed by atoms with E-state index >= 15 is 0 Å². The molecule has 12 heteroatoms. The van der Waals surface area contributed by atoms with Gasteiger partial charge in [0.05, 0.1) is 16.5 Å². The number of benzene rings is 2. The molecule has 1 heterocycles. The fraction of sp³-hybridized carbons (Fsp3) is 0.136. The van der Waals surface area contributed by atoms with Crippen molar-refractivity contribution in [3.05, 3.63) is 99.1 Å². The number of carbonyl (C=O) groups is 2. The van der Waals surface area contributed by atoms with Gasteiger partial charge in [-0.05, 0) is 42.0 Å². The molecule has 0 aliphatic carbocycles. The van der Waals surface area contributed by atoms with Gasteiger partial charge in [-0.2, -0.15) is 13.2 Å². The van der Waals surface area contributed by atoms with Crippen molar-refractivity contribution in [2.45, 2.75) is 19.1 Å². The predicted octanol–water partition coefficient (Wildman–Crippen LogP) is 4.59. The molecule has 1 aromatic heterocycles. The second-order valence-electron chi connectivity index (χ2n) is 6.93. The Morgan fingerprint density at radius 3 is 2.35 bits per heavy atom. The Hall–Kier alpha value is -4.35. The number of amides is 1. The Bertz CT molecular complexity index is 1250. The van der Waals surface area contributed by atoms with Gasteiger partial charge in [0.25, 0.3) is 5.91 Å². The topological polar surface area (TPSA) is 111 Å². The molecule has 3 aromatic rings. The normalized spacial score (nSPS) is 12.0. The lowest BCUT2D eigenvalue weighted by Gasteiger charge is -2.20. The summed E-state index contributed by atoms with van der Waals surface area (Å²) < 4.78 is 58.0. The number of alkyl halides is 3. The minimum Gasteiger partial charge on any atom is -0.419 e. The Morgan fingerprint density at radius 1 is 1.12 bits per heavy atom. The summed E-state index contributed by atoms with van der Waals surface area (Å²) in [6, 6.07) is 7.74. The van der Waals surface area contributed by atoms with Crippen molar-refractivity contribution >= 4 is 17.6 Å². The van der Waals surface area contributed by atoms with Gasteiger partial charge >= 0.3 is 17.8 Å². The molecule has 0 bridgehead atoms. The van der Waals surface area contributed by atoms with E-state index in [4.69, 9.17) is 4.74 Å². The molecular weight excluding hydrogens is 462 g/mol. The standard InChI is InChI=1S/C22H15F4N3O5/c1-12(30)34-18-9-6-14(11-17(18)29(32)33)21(31)28-19(20-16(23)3-2-10-27-20)13-4-7-15(8-5-13)22(24,25)26/h2-11,19H,1H3,(H,28,31). The second-order valence-corrected chi connectivity index (χ2v) is 6.93. The summed E-state index contributed by atoms with van der Waals surface area (Å²) in [6.45, 7) is 1.04. The molecule has 0 aliphatic heterocycles. The number of pyridine rings is 1. The van der Waals surface area contributed by atoms with Crippen LogP contribution in [0.4, 0.5) is 23.2 Å². The van der Waals surface area contributed by atoms with Gasteiger partial charge in [0, 0.05) is 24.8 Å². The average Bonchev–Trinajstić information content (AvgIpc) is 2.77. The minimum absolute atomic E-state index is 0.0879. The summed E-state index contributed by atoms with van der Waals surface area (Å²) in [5, 5.41) is 13.8. The second kappa shape index (κ2) is 9.65. The van der Waals surface area contributed by atoms with E-state index in [2.05, 4.69) is 10.3 Å². The number of esters is 1. The molecule has 1 unspecified atom stereocenters. The first-order valence-electron chi connectivity index (χ1n) is 9.52. The fourth-order valence-corrected chi connectivity index (χ4v) is 3.04. The van der Waals surface area contributed by atoms with Gasteiger partial charge in [0.2, 0.25) is 5.75 Å². The van der Waals surface area contributed by atoms with E-state index in [1.807, 2.05) is 0 Å². The summed E-state index contributed by atoms with van der Waals surface area (Å²) in [5.41, 5.74) is -2.04. The van der Waals surface area contributed by atoms with Crippen molar-refractivity contribution in [1.29, 1.82) is 0 Å². The Balaban J connectivity index is 1.99. The van der Waals surface area contributed by atoms with E-state index in [9.17, 15) is 37.3 Å². The lowest BCUT2D eigenvalue weighted by atomic mass is 10.00. The molecule has 176 valence electrons. The molecule has 1 atom stereocenters. The highest BCUT2D eigenvalue weighted by molar-refractivity contribution is 5.95. The number of aromatic nitrogens is 1. The zero-order chi connectivity index (χ0) is 25.0. The molecule has 2 aromatic carbocycles. The largest absolute Gasteiger partial charge is 0.419 e. The van der Waals surface area contributed by atoms with Crippen molar-refractivity contribution in [1.82, 2.24) is 10.3 Å². The van der Waals surface area contributed by atoms with Gasteiger partial charge in [-0.3, -0.25) is 24.7 Å². The maximum atomic E-state index is 14.5. The highest BCUT2D eigenvalue weighted by Gasteiger charge is 2.31. The van der Waals surface area contributed by atoms with Crippen LogP contribution in [0, 0.1) is 15.9 Å². The van der Waals surface area contributed by atoms with E-state index in [-0.39, 0.29) is 22.6 Å².